The number of hydrogen-bond acceptors (Lipinski definition) is 3. The first-order valence-corrected chi connectivity index (χ1v) is 7.37. The maximum Gasteiger partial charge on any atom is 0.157 e. The maximum absolute atomic E-state index is 9.72. The van der Waals surface area contributed by atoms with Crippen molar-refractivity contribution >= 4 is 0 Å². The van der Waals surface area contributed by atoms with E-state index in [1.807, 2.05) is 18.2 Å². The molecule has 2 atom stereocenters. The van der Waals surface area contributed by atoms with Gasteiger partial charge in [-0.2, -0.15) is 0 Å². The van der Waals surface area contributed by atoms with E-state index < -0.39 is 0 Å². The number of phenols is 3. The van der Waals surface area contributed by atoms with Crippen molar-refractivity contribution in [3.63, 3.8) is 0 Å². The standard InChI is InChI=1S/C18H22O3/c1-3-15(12-5-8-14(19)9-6-12)16(4-2)13-7-10-17(20)18(21)11-13/h5-11,15-16,19-21H,3-4H2,1-2H3/t15-,16+/m0/s1. The Morgan fingerprint density at radius 2 is 1.24 bits per heavy atom. The molecule has 21 heavy (non-hydrogen) atoms. The third kappa shape index (κ3) is 3.30. The van der Waals surface area contributed by atoms with Crippen LogP contribution in [-0.4, -0.2) is 15.3 Å². The Labute approximate surface area is 125 Å². The van der Waals surface area contributed by atoms with E-state index in [2.05, 4.69) is 13.8 Å². The monoisotopic (exact) mass is 286 g/mol. The van der Waals surface area contributed by atoms with E-state index in [0.29, 0.717) is 5.92 Å². The molecule has 0 heterocycles. The molecule has 0 aromatic heterocycles. The molecule has 0 fully saturated rings. The van der Waals surface area contributed by atoms with Gasteiger partial charge < -0.3 is 15.3 Å². The van der Waals surface area contributed by atoms with Crippen LogP contribution in [0.2, 0.25) is 0 Å². The topological polar surface area (TPSA) is 60.7 Å². The molecular formula is C18H22O3. The van der Waals surface area contributed by atoms with Crippen molar-refractivity contribution in [2.24, 2.45) is 0 Å². The van der Waals surface area contributed by atoms with Gasteiger partial charge in [-0.3, -0.25) is 0 Å². The summed E-state index contributed by atoms with van der Waals surface area (Å²) in [6.07, 6.45) is 1.90. The second-order valence-corrected chi connectivity index (χ2v) is 5.37. The minimum atomic E-state index is -0.0914. The fraction of sp³-hybridized carbons (Fsp3) is 0.333. The first kappa shape index (κ1) is 15.2. The lowest BCUT2D eigenvalue weighted by Gasteiger charge is -2.26. The zero-order valence-electron chi connectivity index (χ0n) is 12.5. The summed E-state index contributed by atoms with van der Waals surface area (Å²) in [6, 6.07) is 12.4. The largest absolute Gasteiger partial charge is 0.508 e. The lowest BCUT2D eigenvalue weighted by atomic mass is 9.78. The lowest BCUT2D eigenvalue weighted by Crippen LogP contribution is -2.10. The fourth-order valence-corrected chi connectivity index (χ4v) is 3.00. The van der Waals surface area contributed by atoms with Gasteiger partial charge in [0.25, 0.3) is 0 Å². The number of benzene rings is 2. The van der Waals surface area contributed by atoms with E-state index in [1.54, 1.807) is 18.2 Å². The molecule has 3 heteroatoms. The minimum absolute atomic E-state index is 0.0773. The van der Waals surface area contributed by atoms with Crippen LogP contribution in [0.4, 0.5) is 0 Å². The van der Waals surface area contributed by atoms with Crippen molar-refractivity contribution in [1.82, 2.24) is 0 Å². The number of phenolic OH excluding ortho intramolecular Hbond substituents is 3. The Bertz CT molecular complexity index is 590. The highest BCUT2D eigenvalue weighted by Gasteiger charge is 2.22. The molecule has 0 unspecified atom stereocenters. The first-order valence-electron chi connectivity index (χ1n) is 7.37. The van der Waals surface area contributed by atoms with E-state index in [1.165, 1.54) is 11.6 Å². The van der Waals surface area contributed by atoms with Crippen molar-refractivity contribution in [3.05, 3.63) is 53.6 Å². The molecule has 0 saturated heterocycles. The molecule has 0 saturated carbocycles. The summed E-state index contributed by atoms with van der Waals surface area (Å²) in [4.78, 5) is 0. The fourth-order valence-electron chi connectivity index (χ4n) is 3.00. The van der Waals surface area contributed by atoms with Crippen LogP contribution in [0.1, 0.15) is 49.7 Å². The van der Waals surface area contributed by atoms with Gasteiger partial charge in [-0.15, -0.1) is 0 Å². The van der Waals surface area contributed by atoms with Gasteiger partial charge >= 0.3 is 0 Å². The van der Waals surface area contributed by atoms with Crippen LogP contribution in [0.5, 0.6) is 17.2 Å². The Balaban J connectivity index is 2.36. The predicted octanol–water partition coefficient (Wildman–Crippen LogP) is 4.49. The molecule has 0 aliphatic heterocycles. The van der Waals surface area contributed by atoms with Crippen LogP contribution in [0.3, 0.4) is 0 Å². The summed E-state index contributed by atoms with van der Waals surface area (Å²) in [5.74, 6) is 0.660. The number of rotatable bonds is 5. The minimum Gasteiger partial charge on any atom is -0.508 e. The molecular weight excluding hydrogens is 264 g/mol. The highest BCUT2D eigenvalue weighted by atomic mass is 16.3. The molecule has 0 aliphatic carbocycles. The molecule has 0 amide bonds. The Hall–Kier alpha value is -2.16. The van der Waals surface area contributed by atoms with Gasteiger partial charge in [0.1, 0.15) is 5.75 Å². The molecule has 3 N–H and O–H groups in total. The van der Waals surface area contributed by atoms with E-state index in [4.69, 9.17) is 0 Å². The number of aromatic hydroxyl groups is 3. The summed E-state index contributed by atoms with van der Waals surface area (Å²) in [6.45, 7) is 4.26. The Morgan fingerprint density at radius 3 is 1.76 bits per heavy atom. The predicted molar refractivity (Wildman–Crippen MR) is 83.9 cm³/mol. The van der Waals surface area contributed by atoms with Gasteiger partial charge in [0.15, 0.2) is 11.5 Å². The summed E-state index contributed by atoms with van der Waals surface area (Å²) >= 11 is 0. The third-order valence-corrected chi connectivity index (χ3v) is 4.11. The summed E-state index contributed by atoms with van der Waals surface area (Å²) < 4.78 is 0. The summed E-state index contributed by atoms with van der Waals surface area (Å²) in [5.41, 5.74) is 2.20. The van der Waals surface area contributed by atoms with Gasteiger partial charge in [-0.25, -0.2) is 0 Å². The molecule has 2 aromatic carbocycles. The zero-order valence-corrected chi connectivity index (χ0v) is 12.5. The second kappa shape index (κ2) is 6.53. The van der Waals surface area contributed by atoms with Crippen LogP contribution in [0, 0.1) is 0 Å². The van der Waals surface area contributed by atoms with Gasteiger partial charge in [0.05, 0.1) is 0 Å². The Morgan fingerprint density at radius 1 is 0.714 bits per heavy atom. The van der Waals surface area contributed by atoms with Gasteiger partial charge in [-0.05, 0) is 60.1 Å². The molecule has 3 nitrogen and oxygen atoms in total. The summed E-state index contributed by atoms with van der Waals surface area (Å²) in [5, 5.41) is 28.6. The van der Waals surface area contributed by atoms with Gasteiger partial charge in [0.2, 0.25) is 0 Å². The first-order chi connectivity index (χ1) is 10.1. The normalized spacial score (nSPS) is 13.8. The highest BCUT2D eigenvalue weighted by molar-refractivity contribution is 5.43. The van der Waals surface area contributed by atoms with E-state index in [9.17, 15) is 15.3 Å². The molecule has 2 rings (SSSR count). The number of hydrogen-bond donors (Lipinski definition) is 3. The van der Waals surface area contributed by atoms with E-state index >= 15 is 0 Å². The average molecular weight is 286 g/mol. The van der Waals surface area contributed by atoms with Crippen LogP contribution in [0.25, 0.3) is 0 Å². The molecule has 0 aliphatic rings. The van der Waals surface area contributed by atoms with Crippen molar-refractivity contribution in [2.75, 3.05) is 0 Å². The van der Waals surface area contributed by atoms with Crippen LogP contribution >= 0.6 is 0 Å². The third-order valence-electron chi connectivity index (χ3n) is 4.11. The lowest BCUT2D eigenvalue weighted by molar-refractivity contribution is 0.401. The van der Waals surface area contributed by atoms with Crippen molar-refractivity contribution < 1.29 is 15.3 Å². The molecule has 2 aromatic rings. The van der Waals surface area contributed by atoms with Crippen LogP contribution in [-0.2, 0) is 0 Å². The zero-order chi connectivity index (χ0) is 15.4. The van der Waals surface area contributed by atoms with Crippen LogP contribution < -0.4 is 0 Å². The smallest absolute Gasteiger partial charge is 0.157 e. The van der Waals surface area contributed by atoms with Gasteiger partial charge in [-0.1, -0.05) is 32.0 Å². The quantitative estimate of drug-likeness (QED) is 0.710. The van der Waals surface area contributed by atoms with Crippen molar-refractivity contribution in [2.45, 2.75) is 38.5 Å². The van der Waals surface area contributed by atoms with Gasteiger partial charge in [0, 0.05) is 0 Å². The maximum atomic E-state index is 9.72. The molecule has 0 spiro atoms. The second-order valence-electron chi connectivity index (χ2n) is 5.37. The highest BCUT2D eigenvalue weighted by Crippen LogP contribution is 2.40. The van der Waals surface area contributed by atoms with Crippen molar-refractivity contribution in [3.8, 4) is 17.2 Å². The van der Waals surface area contributed by atoms with E-state index in [0.717, 1.165) is 18.4 Å². The van der Waals surface area contributed by atoms with Crippen LogP contribution in [0.15, 0.2) is 42.5 Å². The summed E-state index contributed by atoms with van der Waals surface area (Å²) in [7, 11) is 0. The molecule has 0 bridgehead atoms. The average Bonchev–Trinajstić information content (AvgIpc) is 2.49. The van der Waals surface area contributed by atoms with E-state index in [-0.39, 0.29) is 23.2 Å². The molecule has 0 radical (unpaired) electrons. The molecule has 112 valence electrons. The van der Waals surface area contributed by atoms with Crippen molar-refractivity contribution in [1.29, 1.82) is 0 Å². The Kier molecular flexibility index (Phi) is 4.73. The SMILES string of the molecule is CC[C@H](c1ccc(O)c(O)c1)[C@@H](CC)c1ccc(O)cc1.